The van der Waals surface area contributed by atoms with Gasteiger partial charge in [0.25, 0.3) is 5.91 Å². The quantitative estimate of drug-likeness (QED) is 0.929. The Kier molecular flexibility index (Phi) is 4.61. The van der Waals surface area contributed by atoms with Crippen LogP contribution in [0.2, 0.25) is 0 Å². The van der Waals surface area contributed by atoms with E-state index in [1.807, 2.05) is 32.0 Å². The summed E-state index contributed by atoms with van der Waals surface area (Å²) < 4.78 is 13.0. The lowest BCUT2D eigenvalue weighted by molar-refractivity contribution is -0.118. The average molecular weight is 339 g/mol. The predicted octanol–water partition coefficient (Wildman–Crippen LogP) is 3.56. The molecule has 1 heterocycles. The van der Waals surface area contributed by atoms with Crippen LogP contribution in [0.1, 0.15) is 24.0 Å². The summed E-state index contributed by atoms with van der Waals surface area (Å²) in [6, 6.07) is 11.2. The highest BCUT2D eigenvalue weighted by molar-refractivity contribution is 6.44. The molecule has 1 aliphatic heterocycles. The summed E-state index contributed by atoms with van der Waals surface area (Å²) in [7, 11) is 0. The molecular weight excluding hydrogens is 321 g/mol. The molecule has 128 valence electrons. The van der Waals surface area contributed by atoms with Crippen molar-refractivity contribution in [2.75, 3.05) is 10.3 Å². The lowest BCUT2D eigenvalue weighted by atomic mass is 10.1. The minimum Gasteiger partial charge on any atom is -0.321 e. The maximum atomic E-state index is 13.0. The first-order chi connectivity index (χ1) is 11.9. The predicted molar refractivity (Wildman–Crippen MR) is 95.1 cm³/mol. The van der Waals surface area contributed by atoms with Crippen molar-refractivity contribution in [1.29, 1.82) is 0 Å². The van der Waals surface area contributed by atoms with Crippen molar-refractivity contribution in [1.82, 2.24) is 0 Å². The molecule has 6 heteroatoms. The van der Waals surface area contributed by atoms with Gasteiger partial charge in [-0.15, -0.1) is 0 Å². The number of benzene rings is 2. The Bertz CT molecular complexity index is 859. The average Bonchev–Trinajstić information content (AvgIpc) is 2.59. The fraction of sp³-hybridized carbons (Fsp3) is 0.211. The van der Waals surface area contributed by atoms with Crippen LogP contribution in [0.5, 0.6) is 0 Å². The molecule has 2 aromatic rings. The smallest absolute Gasteiger partial charge is 0.271 e. The maximum Gasteiger partial charge on any atom is 0.271 e. The molecule has 1 N–H and O–H groups in total. The third-order valence-corrected chi connectivity index (χ3v) is 3.99. The molecule has 0 saturated heterocycles. The van der Waals surface area contributed by atoms with E-state index in [0.717, 1.165) is 11.1 Å². The molecule has 0 spiro atoms. The molecule has 0 radical (unpaired) electrons. The number of halogens is 1. The fourth-order valence-electron chi connectivity index (χ4n) is 2.59. The number of nitrogens with one attached hydrogen (secondary N) is 1. The highest BCUT2D eigenvalue weighted by Crippen LogP contribution is 2.25. The normalized spacial score (nSPS) is 14.3. The van der Waals surface area contributed by atoms with Gasteiger partial charge in [0, 0.05) is 18.5 Å². The third kappa shape index (κ3) is 3.74. The summed E-state index contributed by atoms with van der Waals surface area (Å²) >= 11 is 0. The van der Waals surface area contributed by atoms with Crippen LogP contribution in [0, 0.1) is 19.7 Å². The Morgan fingerprint density at radius 2 is 1.84 bits per heavy atom. The molecular formula is C19H18FN3O2. The number of aryl methyl sites for hydroxylation is 2. The Morgan fingerprint density at radius 3 is 2.56 bits per heavy atom. The first kappa shape index (κ1) is 16.8. The number of carbonyl (C=O) groups excluding carboxylic acids is 2. The van der Waals surface area contributed by atoms with E-state index in [4.69, 9.17) is 0 Å². The van der Waals surface area contributed by atoms with Gasteiger partial charge in [-0.1, -0.05) is 12.1 Å². The van der Waals surface area contributed by atoms with Gasteiger partial charge in [-0.2, -0.15) is 5.10 Å². The summed E-state index contributed by atoms with van der Waals surface area (Å²) in [6.07, 6.45) is 0.482. The monoisotopic (exact) mass is 339 g/mol. The van der Waals surface area contributed by atoms with Crippen molar-refractivity contribution in [2.24, 2.45) is 5.10 Å². The first-order valence-corrected chi connectivity index (χ1v) is 7.98. The van der Waals surface area contributed by atoms with E-state index in [1.54, 1.807) is 0 Å². The summed E-state index contributed by atoms with van der Waals surface area (Å²) in [5.74, 6) is -0.916. The van der Waals surface area contributed by atoms with Crippen LogP contribution in [0.4, 0.5) is 15.8 Å². The molecule has 3 rings (SSSR count). The molecule has 0 aliphatic carbocycles. The van der Waals surface area contributed by atoms with Gasteiger partial charge >= 0.3 is 0 Å². The van der Waals surface area contributed by atoms with Crippen LogP contribution in [-0.4, -0.2) is 17.5 Å². The lowest BCUT2D eigenvalue weighted by Gasteiger charge is -2.24. The van der Waals surface area contributed by atoms with E-state index in [1.165, 1.54) is 29.3 Å². The Morgan fingerprint density at radius 1 is 1.12 bits per heavy atom. The van der Waals surface area contributed by atoms with Crippen LogP contribution in [-0.2, 0) is 9.59 Å². The van der Waals surface area contributed by atoms with Gasteiger partial charge in [0.2, 0.25) is 5.91 Å². The molecule has 25 heavy (non-hydrogen) atoms. The number of hydrazone groups is 1. The number of carbonyl (C=O) groups is 2. The van der Waals surface area contributed by atoms with Gasteiger partial charge < -0.3 is 5.32 Å². The van der Waals surface area contributed by atoms with Crippen LogP contribution >= 0.6 is 0 Å². The summed E-state index contributed by atoms with van der Waals surface area (Å²) in [4.78, 5) is 24.7. The minimum atomic E-state index is -0.394. The molecule has 0 saturated carbocycles. The second kappa shape index (κ2) is 6.84. The lowest BCUT2D eigenvalue weighted by Crippen LogP contribution is -2.36. The Hall–Kier alpha value is -3.02. The Balaban J connectivity index is 1.86. The van der Waals surface area contributed by atoms with E-state index in [2.05, 4.69) is 10.4 Å². The van der Waals surface area contributed by atoms with E-state index in [0.29, 0.717) is 11.4 Å². The number of rotatable bonds is 3. The van der Waals surface area contributed by atoms with E-state index in [9.17, 15) is 14.0 Å². The highest BCUT2D eigenvalue weighted by Gasteiger charge is 2.26. The van der Waals surface area contributed by atoms with E-state index < -0.39 is 5.91 Å². The number of amides is 2. The zero-order valence-corrected chi connectivity index (χ0v) is 14.0. The number of nitrogens with zero attached hydrogens (tertiary/aromatic N) is 2. The standard InChI is InChI=1S/C19H18FN3O2/c1-12-3-4-13(2)17(11-12)23-18(24)10-9-16(22-23)19(25)21-15-7-5-14(20)6-8-15/h3-8,11H,9-10H2,1-2H3,(H,21,25). The van der Waals surface area contributed by atoms with Crippen molar-refractivity contribution in [3.05, 3.63) is 59.4 Å². The van der Waals surface area contributed by atoms with Gasteiger partial charge in [0.05, 0.1) is 5.69 Å². The number of hydrogen-bond acceptors (Lipinski definition) is 3. The topological polar surface area (TPSA) is 61.8 Å². The molecule has 0 aromatic heterocycles. The molecule has 0 unspecified atom stereocenters. The van der Waals surface area contributed by atoms with Gasteiger partial charge in [0.1, 0.15) is 11.5 Å². The maximum absolute atomic E-state index is 13.0. The van der Waals surface area contributed by atoms with Crippen molar-refractivity contribution >= 4 is 28.9 Å². The zero-order chi connectivity index (χ0) is 18.0. The number of hydrogen-bond donors (Lipinski definition) is 1. The molecule has 0 atom stereocenters. The molecule has 2 amide bonds. The molecule has 0 fully saturated rings. The van der Waals surface area contributed by atoms with Gasteiger partial charge in [-0.05, 0) is 55.3 Å². The summed E-state index contributed by atoms with van der Waals surface area (Å²) in [5.41, 5.74) is 3.33. The number of anilines is 2. The molecule has 5 nitrogen and oxygen atoms in total. The molecule has 2 aromatic carbocycles. The Labute approximate surface area is 145 Å². The van der Waals surface area contributed by atoms with Crippen LogP contribution in [0.3, 0.4) is 0 Å². The van der Waals surface area contributed by atoms with Gasteiger partial charge in [-0.3, -0.25) is 9.59 Å². The molecule has 1 aliphatic rings. The van der Waals surface area contributed by atoms with E-state index in [-0.39, 0.29) is 30.3 Å². The van der Waals surface area contributed by atoms with Crippen molar-refractivity contribution in [3.63, 3.8) is 0 Å². The van der Waals surface area contributed by atoms with Crippen molar-refractivity contribution < 1.29 is 14.0 Å². The van der Waals surface area contributed by atoms with Crippen molar-refractivity contribution in [3.8, 4) is 0 Å². The SMILES string of the molecule is Cc1ccc(C)c(N2N=C(C(=O)Nc3ccc(F)cc3)CCC2=O)c1. The van der Waals surface area contributed by atoms with Crippen LogP contribution in [0.15, 0.2) is 47.6 Å². The fourth-order valence-corrected chi connectivity index (χ4v) is 2.59. The second-order valence-electron chi connectivity index (χ2n) is 6.00. The van der Waals surface area contributed by atoms with Crippen LogP contribution < -0.4 is 10.3 Å². The van der Waals surface area contributed by atoms with Gasteiger partial charge in [0.15, 0.2) is 0 Å². The van der Waals surface area contributed by atoms with Crippen molar-refractivity contribution in [2.45, 2.75) is 26.7 Å². The zero-order valence-electron chi connectivity index (χ0n) is 14.0. The van der Waals surface area contributed by atoms with E-state index >= 15 is 0 Å². The highest BCUT2D eigenvalue weighted by atomic mass is 19.1. The molecule has 0 bridgehead atoms. The minimum absolute atomic E-state index is 0.146. The van der Waals surface area contributed by atoms with Gasteiger partial charge in [-0.25, -0.2) is 9.40 Å². The summed E-state index contributed by atoms with van der Waals surface area (Å²) in [5, 5.41) is 8.24. The third-order valence-electron chi connectivity index (χ3n) is 3.99. The second-order valence-corrected chi connectivity index (χ2v) is 6.00. The van der Waals surface area contributed by atoms with Crippen LogP contribution in [0.25, 0.3) is 0 Å². The largest absolute Gasteiger partial charge is 0.321 e. The first-order valence-electron chi connectivity index (χ1n) is 7.98. The summed E-state index contributed by atoms with van der Waals surface area (Å²) in [6.45, 7) is 3.83.